The minimum absolute atomic E-state index is 0.151. The van der Waals surface area contributed by atoms with Crippen LogP contribution >= 0.6 is 0 Å². The Labute approximate surface area is 133 Å². The maximum absolute atomic E-state index is 12.0. The van der Waals surface area contributed by atoms with Crippen molar-refractivity contribution in [3.8, 4) is 0 Å². The molecule has 0 bridgehead atoms. The van der Waals surface area contributed by atoms with Gasteiger partial charge in [-0.2, -0.15) is 0 Å². The summed E-state index contributed by atoms with van der Waals surface area (Å²) in [4.78, 5) is 12.0. The van der Waals surface area contributed by atoms with Gasteiger partial charge >= 0.3 is 0 Å². The number of rotatable bonds is 4. The van der Waals surface area contributed by atoms with E-state index in [4.69, 9.17) is 4.52 Å². The second-order valence-electron chi connectivity index (χ2n) is 5.84. The minimum atomic E-state index is -0.151. The van der Waals surface area contributed by atoms with Crippen molar-refractivity contribution in [1.29, 1.82) is 0 Å². The molecular formula is C18H17N3O2. The topological polar surface area (TPSA) is 67.2 Å². The van der Waals surface area contributed by atoms with Crippen molar-refractivity contribution in [2.75, 3.05) is 17.2 Å². The number of nitrogens with one attached hydrogen (secondary N) is 2. The van der Waals surface area contributed by atoms with Gasteiger partial charge in [-0.05, 0) is 42.3 Å². The van der Waals surface area contributed by atoms with Crippen LogP contribution in [0.2, 0.25) is 0 Å². The number of carbonyl (C=O) groups is 1. The summed E-state index contributed by atoms with van der Waals surface area (Å²) >= 11 is 0. The van der Waals surface area contributed by atoms with E-state index in [-0.39, 0.29) is 12.5 Å². The molecule has 2 N–H and O–H groups in total. The summed E-state index contributed by atoms with van der Waals surface area (Å²) in [6.07, 6.45) is 2.20. The molecule has 116 valence electrons. The van der Waals surface area contributed by atoms with Gasteiger partial charge < -0.3 is 15.2 Å². The fourth-order valence-electron chi connectivity index (χ4n) is 3.19. The molecule has 0 fully saturated rings. The van der Waals surface area contributed by atoms with Gasteiger partial charge in [0.1, 0.15) is 5.76 Å². The Hall–Kier alpha value is -2.82. The summed E-state index contributed by atoms with van der Waals surface area (Å²) in [5, 5.41) is 12.2. The van der Waals surface area contributed by atoms with E-state index in [1.807, 2.05) is 0 Å². The standard InChI is InChI=1S/C18H17N3O2/c1-11-9-16(21-23-11)20-17(22)10-19-15-8-7-13-6-5-12-3-2-4-14(15)18(12)13/h2-4,7-9,19H,5-6,10H2,1H3,(H,20,21,22). The molecule has 1 amide bonds. The van der Waals surface area contributed by atoms with Crippen LogP contribution in [-0.2, 0) is 17.6 Å². The predicted octanol–water partition coefficient (Wildman–Crippen LogP) is 3.29. The molecule has 5 heteroatoms. The summed E-state index contributed by atoms with van der Waals surface area (Å²) in [6.45, 7) is 1.97. The number of hydrogen-bond donors (Lipinski definition) is 2. The molecule has 3 aromatic rings. The minimum Gasteiger partial charge on any atom is -0.376 e. The van der Waals surface area contributed by atoms with Crippen LogP contribution in [-0.4, -0.2) is 17.6 Å². The molecule has 0 saturated carbocycles. The molecule has 0 spiro atoms. The molecule has 1 aromatic heterocycles. The summed E-state index contributed by atoms with van der Waals surface area (Å²) in [6, 6.07) is 12.3. The van der Waals surface area contributed by atoms with E-state index in [2.05, 4.69) is 46.1 Å². The molecule has 0 radical (unpaired) electrons. The van der Waals surface area contributed by atoms with Crippen LogP contribution in [0.1, 0.15) is 16.9 Å². The molecule has 0 saturated heterocycles. The molecule has 1 aliphatic carbocycles. The van der Waals surface area contributed by atoms with Crippen LogP contribution in [0.4, 0.5) is 11.5 Å². The zero-order valence-electron chi connectivity index (χ0n) is 12.8. The molecule has 23 heavy (non-hydrogen) atoms. The van der Waals surface area contributed by atoms with E-state index in [9.17, 15) is 4.79 Å². The lowest BCUT2D eigenvalue weighted by molar-refractivity contribution is -0.114. The number of hydrogen-bond acceptors (Lipinski definition) is 4. The van der Waals surface area contributed by atoms with Gasteiger partial charge in [0, 0.05) is 17.1 Å². The van der Waals surface area contributed by atoms with Crippen molar-refractivity contribution >= 4 is 28.2 Å². The van der Waals surface area contributed by atoms with E-state index in [1.54, 1.807) is 13.0 Å². The first kappa shape index (κ1) is 13.8. The number of carbonyl (C=O) groups excluding carboxylic acids is 1. The van der Waals surface area contributed by atoms with Crippen molar-refractivity contribution in [2.45, 2.75) is 19.8 Å². The largest absolute Gasteiger partial charge is 0.376 e. The maximum atomic E-state index is 12.0. The van der Waals surface area contributed by atoms with Crippen LogP contribution in [0.3, 0.4) is 0 Å². The fraction of sp³-hybridized carbons (Fsp3) is 0.222. The van der Waals surface area contributed by atoms with Crippen LogP contribution in [0.25, 0.3) is 10.8 Å². The van der Waals surface area contributed by atoms with E-state index in [1.165, 1.54) is 21.9 Å². The van der Waals surface area contributed by atoms with E-state index >= 15 is 0 Å². The van der Waals surface area contributed by atoms with E-state index in [0.29, 0.717) is 11.6 Å². The van der Waals surface area contributed by atoms with Crippen molar-refractivity contribution in [3.63, 3.8) is 0 Å². The van der Waals surface area contributed by atoms with Crippen LogP contribution in [0.15, 0.2) is 40.9 Å². The molecule has 4 rings (SSSR count). The Balaban J connectivity index is 1.51. The monoisotopic (exact) mass is 307 g/mol. The third-order valence-corrected chi connectivity index (χ3v) is 4.21. The van der Waals surface area contributed by atoms with Gasteiger partial charge in [-0.1, -0.05) is 29.4 Å². The Morgan fingerprint density at radius 1 is 1.22 bits per heavy atom. The highest BCUT2D eigenvalue weighted by molar-refractivity contribution is 6.01. The number of aryl methyl sites for hydroxylation is 3. The lowest BCUT2D eigenvalue weighted by Gasteiger charge is -2.11. The van der Waals surface area contributed by atoms with Gasteiger partial charge in [0.15, 0.2) is 5.82 Å². The van der Waals surface area contributed by atoms with E-state index in [0.717, 1.165) is 18.5 Å². The Kier molecular flexibility index (Phi) is 3.26. The molecule has 0 atom stereocenters. The molecule has 0 aliphatic heterocycles. The molecule has 1 heterocycles. The Bertz CT molecular complexity index is 888. The van der Waals surface area contributed by atoms with Gasteiger partial charge in [0.2, 0.25) is 5.91 Å². The average Bonchev–Trinajstić information content (AvgIpc) is 3.15. The fourth-order valence-corrected chi connectivity index (χ4v) is 3.19. The summed E-state index contributed by atoms with van der Waals surface area (Å²) in [5.41, 5.74) is 3.77. The quantitative estimate of drug-likeness (QED) is 0.776. The van der Waals surface area contributed by atoms with Gasteiger partial charge in [0.25, 0.3) is 0 Å². The Morgan fingerprint density at radius 3 is 2.83 bits per heavy atom. The van der Waals surface area contributed by atoms with Gasteiger partial charge in [-0.3, -0.25) is 4.79 Å². The van der Waals surface area contributed by atoms with Crippen LogP contribution in [0.5, 0.6) is 0 Å². The molecule has 2 aromatic carbocycles. The molecule has 5 nitrogen and oxygen atoms in total. The third kappa shape index (κ3) is 2.54. The molecule has 0 unspecified atom stereocenters. The normalized spacial score (nSPS) is 12.6. The first-order valence-electron chi connectivity index (χ1n) is 7.71. The van der Waals surface area contributed by atoms with Crippen molar-refractivity contribution in [3.05, 3.63) is 53.3 Å². The smallest absolute Gasteiger partial charge is 0.244 e. The zero-order chi connectivity index (χ0) is 15.8. The summed E-state index contributed by atoms with van der Waals surface area (Å²) in [5.74, 6) is 0.956. The second-order valence-corrected chi connectivity index (χ2v) is 5.84. The zero-order valence-corrected chi connectivity index (χ0v) is 12.8. The number of aromatic nitrogens is 1. The molecular weight excluding hydrogens is 290 g/mol. The molecule has 1 aliphatic rings. The number of anilines is 2. The SMILES string of the molecule is Cc1cc(NC(=O)CNc2ccc3c4c(cccc24)CC3)no1. The summed E-state index contributed by atoms with van der Waals surface area (Å²) < 4.78 is 4.93. The average molecular weight is 307 g/mol. The highest BCUT2D eigenvalue weighted by Crippen LogP contribution is 2.34. The van der Waals surface area contributed by atoms with Crippen LogP contribution < -0.4 is 10.6 Å². The lowest BCUT2D eigenvalue weighted by Crippen LogP contribution is -2.22. The number of nitrogens with zero attached hydrogens (tertiary/aromatic N) is 1. The predicted molar refractivity (Wildman–Crippen MR) is 89.7 cm³/mol. The first-order chi connectivity index (χ1) is 11.2. The highest BCUT2D eigenvalue weighted by atomic mass is 16.5. The van der Waals surface area contributed by atoms with Gasteiger partial charge in [0.05, 0.1) is 6.54 Å². The third-order valence-electron chi connectivity index (χ3n) is 4.21. The van der Waals surface area contributed by atoms with Crippen molar-refractivity contribution < 1.29 is 9.32 Å². The van der Waals surface area contributed by atoms with Gasteiger partial charge in [-0.15, -0.1) is 0 Å². The Morgan fingerprint density at radius 2 is 2.04 bits per heavy atom. The maximum Gasteiger partial charge on any atom is 0.244 e. The van der Waals surface area contributed by atoms with Crippen molar-refractivity contribution in [2.24, 2.45) is 0 Å². The van der Waals surface area contributed by atoms with Crippen molar-refractivity contribution in [1.82, 2.24) is 5.16 Å². The second kappa shape index (κ2) is 5.43. The van der Waals surface area contributed by atoms with E-state index < -0.39 is 0 Å². The number of benzene rings is 2. The number of amides is 1. The van der Waals surface area contributed by atoms with Crippen LogP contribution in [0, 0.1) is 6.92 Å². The lowest BCUT2D eigenvalue weighted by atomic mass is 10.0. The van der Waals surface area contributed by atoms with Gasteiger partial charge in [-0.25, -0.2) is 0 Å². The summed E-state index contributed by atoms with van der Waals surface area (Å²) in [7, 11) is 0. The highest BCUT2D eigenvalue weighted by Gasteiger charge is 2.16. The first-order valence-corrected chi connectivity index (χ1v) is 7.71.